The highest BCUT2D eigenvalue weighted by Gasteiger charge is 2.04. The van der Waals surface area contributed by atoms with Gasteiger partial charge in [-0.05, 0) is 53.6 Å². The van der Waals surface area contributed by atoms with Crippen LogP contribution in [0.3, 0.4) is 0 Å². The Kier molecular flexibility index (Phi) is 3.52. The van der Waals surface area contributed by atoms with Gasteiger partial charge in [-0.25, -0.2) is 0 Å². The predicted molar refractivity (Wildman–Crippen MR) is 97.5 cm³/mol. The third kappa shape index (κ3) is 4.29. The average Bonchev–Trinajstić information content (AvgIpc) is 2.68. The van der Waals surface area contributed by atoms with E-state index in [9.17, 15) is 0 Å². The summed E-state index contributed by atoms with van der Waals surface area (Å²) >= 11 is 0. The molecule has 0 radical (unpaired) electrons. The van der Waals surface area contributed by atoms with Crippen LogP contribution in [0.5, 0.6) is 0 Å². The van der Waals surface area contributed by atoms with Crippen molar-refractivity contribution in [1.29, 1.82) is 0 Å². The molecule has 3 rings (SSSR count). The van der Waals surface area contributed by atoms with Gasteiger partial charge in [-0.2, -0.15) is 0 Å². The predicted octanol–water partition coefficient (Wildman–Crippen LogP) is 5.54. The van der Waals surface area contributed by atoms with Gasteiger partial charge in [0, 0.05) is 17.2 Å². The Bertz CT molecular complexity index is 920. The van der Waals surface area contributed by atoms with Crippen LogP contribution in [0.2, 0.25) is 0 Å². The van der Waals surface area contributed by atoms with E-state index in [0.717, 1.165) is 5.56 Å². The van der Waals surface area contributed by atoms with E-state index < -0.39 is 12.7 Å². The summed E-state index contributed by atoms with van der Waals surface area (Å²) in [6.45, 7) is 3.71. The first-order chi connectivity index (χ1) is 12.7. The van der Waals surface area contributed by atoms with Gasteiger partial charge in [-0.1, -0.05) is 62.4 Å². The van der Waals surface area contributed by atoms with E-state index >= 15 is 0 Å². The van der Waals surface area contributed by atoms with Gasteiger partial charge < -0.3 is 0 Å². The minimum absolute atomic E-state index is 0.161. The lowest BCUT2D eigenvalue weighted by molar-refractivity contribution is 0.647. The molecule has 1 heterocycles. The Morgan fingerprint density at radius 3 is 2.43 bits per heavy atom. The molecule has 0 fully saturated rings. The smallest absolute Gasteiger partial charge is 0.0704 e. The molecule has 0 unspecified atom stereocenters. The van der Waals surface area contributed by atoms with Crippen molar-refractivity contribution >= 4 is 0 Å². The van der Waals surface area contributed by atoms with Crippen molar-refractivity contribution in [3.63, 3.8) is 0 Å². The van der Waals surface area contributed by atoms with Crippen LogP contribution in [0.1, 0.15) is 36.0 Å². The molecule has 1 nitrogen and oxygen atoms in total. The van der Waals surface area contributed by atoms with E-state index in [-0.39, 0.29) is 5.92 Å². The van der Waals surface area contributed by atoms with E-state index in [1.807, 2.05) is 44.2 Å². The van der Waals surface area contributed by atoms with Crippen LogP contribution in [0.4, 0.5) is 0 Å². The maximum absolute atomic E-state index is 8.55. The molecule has 23 heavy (non-hydrogen) atoms. The van der Waals surface area contributed by atoms with Crippen molar-refractivity contribution in [2.45, 2.75) is 26.6 Å². The second-order valence-corrected chi connectivity index (χ2v) is 5.80. The van der Waals surface area contributed by atoms with E-state index in [1.165, 1.54) is 0 Å². The lowest BCUT2D eigenvalue weighted by atomic mass is 9.99. The van der Waals surface area contributed by atoms with Crippen molar-refractivity contribution < 1.29 is 5.48 Å². The molecule has 0 saturated carbocycles. The topological polar surface area (TPSA) is 12.9 Å². The van der Waals surface area contributed by atoms with Crippen LogP contribution >= 0.6 is 0 Å². The fraction of sp³-hybridized carbons (Fsp3) is 0.227. The minimum atomic E-state index is -1.62. The second-order valence-electron chi connectivity index (χ2n) is 5.80. The number of nitrogens with zero attached hydrogens (tertiary/aromatic N) is 1. The Balaban J connectivity index is 2.02. The van der Waals surface area contributed by atoms with Gasteiger partial charge in [0.15, 0.2) is 0 Å². The largest absolute Gasteiger partial charge is 0.256 e. The normalized spacial score (nSPS) is 14.7. The maximum atomic E-state index is 8.55. The van der Waals surface area contributed by atoms with Crippen molar-refractivity contribution in [3.05, 3.63) is 89.6 Å². The molecule has 3 aromatic rings. The van der Waals surface area contributed by atoms with Crippen LogP contribution in [0.25, 0.3) is 11.3 Å². The lowest BCUT2D eigenvalue weighted by Gasteiger charge is -2.09. The molecular formula is C22H23N. The zero-order valence-electron chi connectivity index (χ0n) is 17.5. The highest BCUT2D eigenvalue weighted by Crippen LogP contribution is 2.21. The third-order valence-electron chi connectivity index (χ3n) is 3.44. The minimum Gasteiger partial charge on any atom is -0.256 e. The first kappa shape index (κ1) is 11.2. The molecule has 0 spiro atoms. The average molecular weight is 305 g/mol. The number of hydrogen-bond donors (Lipinski definition) is 0. The van der Waals surface area contributed by atoms with E-state index in [4.69, 9.17) is 5.48 Å². The molecule has 0 atom stereocenters. The van der Waals surface area contributed by atoms with Crippen LogP contribution in [-0.4, -0.2) is 4.98 Å². The Morgan fingerprint density at radius 1 is 0.870 bits per heavy atom. The Labute approximate surface area is 144 Å². The lowest BCUT2D eigenvalue weighted by Crippen LogP contribution is -1.95. The summed E-state index contributed by atoms with van der Waals surface area (Å²) < 4.78 is 33.7. The van der Waals surface area contributed by atoms with Crippen LogP contribution in [0, 0.1) is 5.92 Å². The number of pyridine rings is 1. The number of benzene rings is 2. The molecule has 0 amide bonds. The summed E-state index contributed by atoms with van der Waals surface area (Å²) in [5.74, 6) is -0.161. The molecule has 0 aliphatic rings. The molecule has 0 aliphatic carbocycles. The monoisotopic (exact) mass is 305 g/mol. The Hall–Kier alpha value is -2.41. The first-order valence-corrected chi connectivity index (χ1v) is 7.86. The fourth-order valence-corrected chi connectivity index (χ4v) is 2.46. The quantitative estimate of drug-likeness (QED) is 0.603. The summed E-state index contributed by atoms with van der Waals surface area (Å²) in [4.78, 5) is 4.39. The molecule has 0 aliphatic heterocycles. The van der Waals surface area contributed by atoms with Crippen molar-refractivity contribution in [3.8, 4) is 11.3 Å². The van der Waals surface area contributed by atoms with Crippen molar-refractivity contribution in [1.82, 2.24) is 4.98 Å². The van der Waals surface area contributed by atoms with Crippen LogP contribution in [-0.2, 0) is 12.7 Å². The molecule has 1 heteroatoms. The zero-order valence-corrected chi connectivity index (χ0v) is 13.5. The summed E-state index contributed by atoms with van der Waals surface area (Å²) in [6, 6.07) is 19.8. The molecule has 2 aromatic carbocycles. The molecule has 116 valence electrons. The Morgan fingerprint density at radius 2 is 1.65 bits per heavy atom. The van der Waals surface area contributed by atoms with Crippen molar-refractivity contribution in [2.75, 3.05) is 0 Å². The number of rotatable bonds is 5. The molecular weight excluding hydrogens is 278 g/mol. The highest BCUT2D eigenvalue weighted by atomic mass is 14.7. The fourth-order valence-electron chi connectivity index (χ4n) is 2.46. The SMILES string of the molecule is [2H]C([2H])(c1ccccc1)c1cccc(-c2cc(C([2H])([2H])C(C)C)ccn2)c1. The van der Waals surface area contributed by atoms with Gasteiger partial charge >= 0.3 is 0 Å². The molecule has 0 saturated heterocycles. The molecule has 0 bridgehead atoms. The zero-order chi connectivity index (χ0) is 19.7. The van der Waals surface area contributed by atoms with E-state index in [1.54, 1.807) is 42.6 Å². The summed E-state index contributed by atoms with van der Waals surface area (Å²) in [5, 5.41) is 0. The molecule has 1 aromatic heterocycles. The molecule has 0 N–H and O–H groups in total. The third-order valence-corrected chi connectivity index (χ3v) is 3.44. The van der Waals surface area contributed by atoms with Gasteiger partial charge in [-0.15, -0.1) is 0 Å². The van der Waals surface area contributed by atoms with Gasteiger partial charge in [0.05, 0.1) is 5.69 Å². The second kappa shape index (κ2) is 7.23. The maximum Gasteiger partial charge on any atom is 0.0704 e. The number of aromatic nitrogens is 1. The summed E-state index contributed by atoms with van der Waals surface area (Å²) in [6.07, 6.45) is -1.46. The summed E-state index contributed by atoms with van der Waals surface area (Å²) in [5.41, 5.74) is 3.14. The van der Waals surface area contributed by atoms with E-state index in [2.05, 4.69) is 4.98 Å². The van der Waals surface area contributed by atoms with Crippen LogP contribution < -0.4 is 0 Å². The van der Waals surface area contributed by atoms with Gasteiger partial charge in [0.1, 0.15) is 0 Å². The number of hydrogen-bond acceptors (Lipinski definition) is 1. The van der Waals surface area contributed by atoms with E-state index in [0.29, 0.717) is 22.4 Å². The first-order valence-electron chi connectivity index (χ1n) is 9.86. The van der Waals surface area contributed by atoms with Crippen LogP contribution in [0.15, 0.2) is 72.9 Å². The van der Waals surface area contributed by atoms with Gasteiger partial charge in [-0.3, -0.25) is 4.98 Å². The standard InChI is InChI=1S/C22H23N/c1-17(2)13-20-11-12-23-22(16-20)21-10-6-9-19(15-21)14-18-7-4-3-5-8-18/h3-12,15-17H,13-14H2,1-2H3/i13D2,14D2. The van der Waals surface area contributed by atoms with Gasteiger partial charge in [0.2, 0.25) is 0 Å². The van der Waals surface area contributed by atoms with Gasteiger partial charge in [0.25, 0.3) is 0 Å². The summed E-state index contributed by atoms with van der Waals surface area (Å²) in [7, 11) is 0. The van der Waals surface area contributed by atoms with Crippen molar-refractivity contribution in [2.24, 2.45) is 5.92 Å². The highest BCUT2D eigenvalue weighted by molar-refractivity contribution is 5.61.